The van der Waals surface area contributed by atoms with Crippen LogP contribution in [0.1, 0.15) is 31.9 Å². The van der Waals surface area contributed by atoms with Crippen molar-refractivity contribution in [1.29, 1.82) is 5.41 Å². The number of rotatable bonds is 10. The van der Waals surface area contributed by atoms with Gasteiger partial charge in [0.1, 0.15) is 6.54 Å². The second-order valence-corrected chi connectivity index (χ2v) is 10.8. The highest BCUT2D eigenvalue weighted by molar-refractivity contribution is 6.35. The molecule has 2 aromatic heterocycles. The summed E-state index contributed by atoms with van der Waals surface area (Å²) in [6, 6.07) is 14.8. The van der Waals surface area contributed by atoms with Gasteiger partial charge >= 0.3 is 11.9 Å². The molecule has 0 unspecified atom stereocenters. The first-order valence-corrected chi connectivity index (χ1v) is 15.8. The predicted octanol–water partition coefficient (Wildman–Crippen LogP) is 4.44. The Hall–Kier alpha value is -4.98. The van der Waals surface area contributed by atoms with Gasteiger partial charge in [-0.1, -0.05) is 35.3 Å². The number of amidine groups is 1. The number of halogens is 2. The van der Waals surface area contributed by atoms with Gasteiger partial charge in [0.05, 0.1) is 47.4 Å². The first-order chi connectivity index (χ1) is 23.4. The number of esters is 2. The van der Waals surface area contributed by atoms with Crippen LogP contribution in [0.5, 0.6) is 0 Å². The van der Waals surface area contributed by atoms with Crippen molar-refractivity contribution in [3.8, 4) is 0 Å². The minimum absolute atomic E-state index is 0.0225. The van der Waals surface area contributed by atoms with Gasteiger partial charge in [0.2, 0.25) is 5.84 Å². The maximum Gasteiger partial charge on any atom is 0.393 e. The first kappa shape index (κ1) is 40.2. The zero-order valence-electron chi connectivity index (χ0n) is 27.3. The van der Waals surface area contributed by atoms with Gasteiger partial charge in [-0.25, -0.2) is 9.59 Å². The minimum Gasteiger partial charge on any atom is -0.473 e. The van der Waals surface area contributed by atoms with Crippen molar-refractivity contribution in [3.63, 3.8) is 0 Å². The van der Waals surface area contributed by atoms with Crippen molar-refractivity contribution in [2.45, 2.75) is 33.6 Å². The van der Waals surface area contributed by atoms with E-state index < -0.39 is 17.8 Å². The molecule has 2 aromatic carbocycles. The van der Waals surface area contributed by atoms with Gasteiger partial charge in [-0.2, -0.15) is 0 Å². The summed E-state index contributed by atoms with van der Waals surface area (Å²) in [5.74, 6) is -2.28. The molecular formula is C34H38Cl2N6O7. The summed E-state index contributed by atoms with van der Waals surface area (Å²) < 4.78 is 13.7. The second-order valence-electron chi connectivity index (χ2n) is 9.90. The molecule has 0 radical (unpaired) electrons. The lowest BCUT2D eigenvalue weighted by Gasteiger charge is -2.03. The van der Waals surface area contributed by atoms with E-state index in [4.69, 9.17) is 40.1 Å². The summed E-state index contributed by atoms with van der Waals surface area (Å²) >= 11 is 11.8. The number of aromatic nitrogens is 2. The SMILES string of the molecule is CCOC(=N)C(=O)OCC.CCOC(=O)C(N)=NCC(=O)Cc1ccc2ncc(Cl)cc2c1.NCC(=O)Cc1ccc2ncc(Cl)cc2c1. The van der Waals surface area contributed by atoms with E-state index in [1.165, 1.54) is 0 Å². The Bertz CT molecular complexity index is 1800. The normalized spacial score (nSPS) is 10.6. The Balaban J connectivity index is 0.000000278. The number of carbonyl (C=O) groups is 4. The lowest BCUT2D eigenvalue weighted by molar-refractivity contribution is -0.137. The molecule has 0 saturated heterocycles. The summed E-state index contributed by atoms with van der Waals surface area (Å²) in [7, 11) is 0. The van der Waals surface area contributed by atoms with Crippen LogP contribution >= 0.6 is 23.2 Å². The van der Waals surface area contributed by atoms with Crippen LogP contribution in [0.4, 0.5) is 0 Å². The van der Waals surface area contributed by atoms with Crippen LogP contribution in [-0.4, -0.2) is 78.1 Å². The number of hydrogen-bond donors (Lipinski definition) is 3. The summed E-state index contributed by atoms with van der Waals surface area (Å²) in [5, 5.41) is 9.83. The monoisotopic (exact) mass is 712 g/mol. The third kappa shape index (κ3) is 14.4. The molecule has 13 nitrogen and oxygen atoms in total. The number of fused-ring (bicyclic) bond motifs is 2. The number of nitrogens with two attached hydrogens (primary N) is 2. The smallest absolute Gasteiger partial charge is 0.393 e. The van der Waals surface area contributed by atoms with E-state index in [2.05, 4.69) is 29.2 Å². The molecule has 4 aromatic rings. The van der Waals surface area contributed by atoms with Crippen molar-refractivity contribution in [1.82, 2.24) is 9.97 Å². The van der Waals surface area contributed by atoms with E-state index in [1.54, 1.807) is 39.2 Å². The number of nitrogens with zero attached hydrogens (tertiary/aromatic N) is 3. The third-order valence-corrected chi connectivity index (χ3v) is 6.53. The van der Waals surface area contributed by atoms with E-state index in [0.29, 0.717) is 23.1 Å². The molecule has 0 fully saturated rings. The van der Waals surface area contributed by atoms with Gasteiger partial charge in [0, 0.05) is 36.0 Å². The molecule has 0 amide bonds. The molecule has 15 heteroatoms. The average Bonchev–Trinajstić information content (AvgIpc) is 3.07. The van der Waals surface area contributed by atoms with Crippen molar-refractivity contribution in [2.75, 3.05) is 32.9 Å². The molecule has 0 bridgehead atoms. The van der Waals surface area contributed by atoms with Crippen LogP contribution in [0.2, 0.25) is 10.0 Å². The van der Waals surface area contributed by atoms with E-state index in [0.717, 1.165) is 32.9 Å². The number of benzene rings is 2. The van der Waals surface area contributed by atoms with E-state index in [9.17, 15) is 19.2 Å². The molecule has 2 heterocycles. The molecule has 0 saturated carbocycles. The molecule has 0 aliphatic heterocycles. The molecule has 0 atom stereocenters. The van der Waals surface area contributed by atoms with Crippen LogP contribution in [-0.2, 0) is 46.2 Å². The number of hydrogen-bond acceptors (Lipinski definition) is 12. The summed E-state index contributed by atoms with van der Waals surface area (Å²) in [4.78, 5) is 57.1. The zero-order chi connectivity index (χ0) is 36.3. The zero-order valence-corrected chi connectivity index (χ0v) is 28.8. The van der Waals surface area contributed by atoms with E-state index >= 15 is 0 Å². The highest BCUT2D eigenvalue weighted by Crippen LogP contribution is 2.19. The number of nitrogens with one attached hydrogen (secondary N) is 1. The van der Waals surface area contributed by atoms with Crippen molar-refractivity contribution in [3.05, 3.63) is 82.1 Å². The van der Waals surface area contributed by atoms with Crippen LogP contribution < -0.4 is 11.5 Å². The first-order valence-electron chi connectivity index (χ1n) is 15.1. The Morgan fingerprint density at radius 3 is 1.67 bits per heavy atom. The summed E-state index contributed by atoms with van der Waals surface area (Å²) in [5.41, 5.74) is 14.1. The van der Waals surface area contributed by atoms with Gasteiger partial charge in [-0.05, 0) is 68.3 Å². The average molecular weight is 714 g/mol. The quantitative estimate of drug-likeness (QED) is 0.119. The Kier molecular flexibility index (Phi) is 17.3. The van der Waals surface area contributed by atoms with Crippen LogP contribution in [0, 0.1) is 5.41 Å². The van der Waals surface area contributed by atoms with Crippen LogP contribution in [0.25, 0.3) is 21.8 Å². The largest absolute Gasteiger partial charge is 0.473 e. The van der Waals surface area contributed by atoms with E-state index in [-0.39, 0.29) is 50.1 Å². The fourth-order valence-electron chi connectivity index (χ4n) is 3.95. The standard InChI is InChI=1S/C16H16ClN3O3.C12H11ClN2O.C6H11NO3/c1-2-23-16(22)15(18)20-9-13(21)6-10-3-4-14-11(5-10)7-12(17)8-19-14;13-10-5-9-3-8(4-11(16)6-14)1-2-12(9)15-7-10;1-3-9-5(7)6(8)10-4-2/h3-5,7-8H,2,6,9H2,1H3,(H2,18,20);1-3,5,7H,4,6,14H2;7H,3-4H2,1-2H3. The Labute approximate surface area is 293 Å². The summed E-state index contributed by atoms with van der Waals surface area (Å²) in [6.07, 6.45) is 3.72. The van der Waals surface area contributed by atoms with Crippen molar-refractivity contribution in [2.24, 2.45) is 16.5 Å². The number of pyridine rings is 2. The fourth-order valence-corrected chi connectivity index (χ4v) is 4.29. The lowest BCUT2D eigenvalue weighted by atomic mass is 10.1. The van der Waals surface area contributed by atoms with Gasteiger partial charge in [0.15, 0.2) is 11.6 Å². The van der Waals surface area contributed by atoms with Gasteiger partial charge < -0.3 is 25.7 Å². The van der Waals surface area contributed by atoms with Gasteiger partial charge in [-0.3, -0.25) is 30.0 Å². The second kappa shape index (κ2) is 21.1. The topological polar surface area (TPSA) is 210 Å². The predicted molar refractivity (Wildman–Crippen MR) is 189 cm³/mol. The fraction of sp³-hybridized carbons (Fsp3) is 0.294. The van der Waals surface area contributed by atoms with Gasteiger partial charge in [-0.15, -0.1) is 0 Å². The number of ketones is 2. The molecule has 5 N–H and O–H groups in total. The maximum atomic E-state index is 11.9. The van der Waals surface area contributed by atoms with Crippen LogP contribution in [0.3, 0.4) is 0 Å². The molecule has 4 rings (SSSR count). The lowest BCUT2D eigenvalue weighted by Crippen LogP contribution is -2.27. The van der Waals surface area contributed by atoms with Crippen molar-refractivity contribution < 1.29 is 33.4 Å². The number of ether oxygens (including phenoxy) is 3. The minimum atomic E-state index is -0.716. The third-order valence-electron chi connectivity index (χ3n) is 6.11. The molecule has 0 aliphatic carbocycles. The highest BCUT2D eigenvalue weighted by atomic mass is 35.5. The Morgan fingerprint density at radius 1 is 0.735 bits per heavy atom. The number of aliphatic imine (C=N–C) groups is 1. The maximum absolute atomic E-state index is 11.9. The summed E-state index contributed by atoms with van der Waals surface area (Å²) in [6.45, 7) is 5.74. The molecule has 49 heavy (non-hydrogen) atoms. The number of Topliss-reactive ketones (excluding diaryl/α,β-unsaturated/α-hetero) is 2. The number of carbonyl (C=O) groups excluding carboxylic acids is 4. The molecular weight excluding hydrogens is 675 g/mol. The van der Waals surface area contributed by atoms with E-state index in [1.807, 2.05) is 42.5 Å². The van der Waals surface area contributed by atoms with Crippen LogP contribution in [0.15, 0.2) is 65.9 Å². The molecule has 260 valence electrons. The molecule has 0 aliphatic rings. The molecule has 0 spiro atoms. The Morgan fingerprint density at radius 2 is 1.20 bits per heavy atom. The van der Waals surface area contributed by atoms with Crippen molar-refractivity contribution >= 4 is 80.2 Å². The highest BCUT2D eigenvalue weighted by Gasteiger charge is 2.11. The van der Waals surface area contributed by atoms with Gasteiger partial charge in [0.25, 0.3) is 5.90 Å².